The third kappa shape index (κ3) is 3.29. The first-order chi connectivity index (χ1) is 13.8. The zero-order valence-corrected chi connectivity index (χ0v) is 15.9. The number of aliphatic hydroxyl groups is 4. The Morgan fingerprint density at radius 3 is 2.48 bits per heavy atom. The van der Waals surface area contributed by atoms with Crippen LogP contribution in [0.5, 0.6) is 5.75 Å². The van der Waals surface area contributed by atoms with Gasteiger partial charge in [-0.1, -0.05) is 18.2 Å². The Balaban J connectivity index is 1.76. The van der Waals surface area contributed by atoms with Gasteiger partial charge in [0.05, 0.1) is 12.0 Å². The number of aliphatic hydroxyl groups excluding tert-OH is 4. The summed E-state index contributed by atoms with van der Waals surface area (Å²) in [6, 6.07) is 8.77. The van der Waals surface area contributed by atoms with Crippen molar-refractivity contribution in [1.29, 1.82) is 0 Å². The van der Waals surface area contributed by atoms with E-state index >= 15 is 0 Å². The lowest BCUT2D eigenvalue weighted by molar-refractivity contribution is -0.277. The largest absolute Gasteiger partial charge is 0.462 e. The minimum Gasteiger partial charge on any atom is -0.462 e. The number of ether oxygens (including phenoxy) is 2. The third-order valence-electron chi connectivity index (χ3n) is 5.32. The van der Waals surface area contributed by atoms with Crippen LogP contribution in [0, 0.1) is 13.8 Å². The van der Waals surface area contributed by atoms with Gasteiger partial charge in [-0.2, -0.15) is 0 Å². The summed E-state index contributed by atoms with van der Waals surface area (Å²) in [4.78, 5) is 12.5. The summed E-state index contributed by atoms with van der Waals surface area (Å²) >= 11 is 0. The van der Waals surface area contributed by atoms with Crippen LogP contribution in [0.2, 0.25) is 0 Å². The molecular formula is C21H22O8. The summed E-state index contributed by atoms with van der Waals surface area (Å²) in [6.45, 7) is 3.13. The second-order valence-corrected chi connectivity index (χ2v) is 7.32. The third-order valence-corrected chi connectivity index (χ3v) is 5.32. The topological polar surface area (TPSA) is 130 Å². The quantitative estimate of drug-likeness (QED) is 0.373. The lowest BCUT2D eigenvalue weighted by Gasteiger charge is -2.39. The van der Waals surface area contributed by atoms with Crippen LogP contribution in [0.4, 0.5) is 0 Å². The lowest BCUT2D eigenvalue weighted by Crippen LogP contribution is -2.60. The van der Waals surface area contributed by atoms with Crippen molar-refractivity contribution in [3.63, 3.8) is 0 Å². The van der Waals surface area contributed by atoms with E-state index in [4.69, 9.17) is 13.9 Å². The number of fused-ring (bicyclic) bond motifs is 3. The number of benzene rings is 2. The monoisotopic (exact) mass is 402 g/mol. The second kappa shape index (κ2) is 7.40. The van der Waals surface area contributed by atoms with Gasteiger partial charge in [0.15, 0.2) is 0 Å². The molecule has 2 aromatic carbocycles. The molecule has 0 aliphatic carbocycles. The summed E-state index contributed by atoms with van der Waals surface area (Å²) in [5, 5.41) is 41.3. The van der Waals surface area contributed by atoms with Crippen molar-refractivity contribution in [2.45, 2.75) is 44.6 Å². The van der Waals surface area contributed by atoms with Crippen LogP contribution in [0.1, 0.15) is 11.1 Å². The van der Waals surface area contributed by atoms with E-state index in [-0.39, 0.29) is 5.75 Å². The fourth-order valence-electron chi connectivity index (χ4n) is 3.81. The van der Waals surface area contributed by atoms with E-state index in [0.29, 0.717) is 11.0 Å². The Kier molecular flexibility index (Phi) is 5.05. The molecule has 0 radical (unpaired) electrons. The number of hydrogen-bond acceptors (Lipinski definition) is 8. The molecule has 2 heterocycles. The first-order valence-corrected chi connectivity index (χ1v) is 9.25. The highest BCUT2D eigenvalue weighted by atomic mass is 16.7. The molecule has 4 rings (SSSR count). The Labute approximate surface area is 165 Å². The zero-order chi connectivity index (χ0) is 20.9. The summed E-state index contributed by atoms with van der Waals surface area (Å²) < 4.78 is 16.5. The molecule has 1 fully saturated rings. The second-order valence-electron chi connectivity index (χ2n) is 7.32. The number of rotatable bonds is 3. The molecule has 0 saturated carbocycles. The minimum absolute atomic E-state index is 0.245. The van der Waals surface area contributed by atoms with E-state index in [1.807, 2.05) is 32.0 Å². The Morgan fingerprint density at radius 2 is 1.76 bits per heavy atom. The van der Waals surface area contributed by atoms with Gasteiger partial charge in [0.2, 0.25) is 6.29 Å². The number of aryl methyl sites for hydroxylation is 2. The SMILES string of the molecule is Cc1cccc2c1c(=O)oc1cc(O[C@@H]3O[C@H](CO)[C@@H](O)[C@H](O)[C@H]3O)cc(C)c12. The molecule has 1 saturated heterocycles. The van der Waals surface area contributed by atoms with Crippen LogP contribution in [0.25, 0.3) is 21.7 Å². The smallest absolute Gasteiger partial charge is 0.344 e. The average molecular weight is 402 g/mol. The lowest BCUT2D eigenvalue weighted by atomic mass is 9.99. The summed E-state index contributed by atoms with van der Waals surface area (Å²) in [5.41, 5.74) is 1.45. The highest BCUT2D eigenvalue weighted by Crippen LogP contribution is 2.32. The molecule has 29 heavy (non-hydrogen) atoms. The van der Waals surface area contributed by atoms with Gasteiger partial charge < -0.3 is 34.3 Å². The maximum atomic E-state index is 12.5. The molecule has 0 amide bonds. The molecule has 8 heteroatoms. The predicted octanol–water partition coefficient (Wildman–Crippen LogP) is 0.742. The van der Waals surface area contributed by atoms with E-state index in [9.17, 15) is 25.2 Å². The maximum Gasteiger partial charge on any atom is 0.344 e. The summed E-state index contributed by atoms with van der Waals surface area (Å²) in [7, 11) is 0. The van der Waals surface area contributed by atoms with Gasteiger partial charge in [-0.25, -0.2) is 4.79 Å². The fraction of sp³-hybridized carbons (Fsp3) is 0.381. The molecule has 5 atom stereocenters. The molecule has 8 nitrogen and oxygen atoms in total. The van der Waals surface area contributed by atoms with Crippen LogP contribution >= 0.6 is 0 Å². The van der Waals surface area contributed by atoms with E-state index in [0.717, 1.165) is 21.9 Å². The zero-order valence-electron chi connectivity index (χ0n) is 15.9. The van der Waals surface area contributed by atoms with E-state index in [2.05, 4.69) is 0 Å². The van der Waals surface area contributed by atoms with Gasteiger partial charge >= 0.3 is 5.63 Å². The Bertz CT molecular complexity index is 1120. The first kappa shape index (κ1) is 19.8. The molecular weight excluding hydrogens is 380 g/mol. The van der Waals surface area contributed by atoms with Crippen molar-refractivity contribution in [2.75, 3.05) is 6.61 Å². The van der Waals surface area contributed by atoms with Gasteiger partial charge in [0.1, 0.15) is 35.7 Å². The average Bonchev–Trinajstić information content (AvgIpc) is 2.68. The standard InChI is InChI=1S/C21H22O8/c1-9-4-3-5-12-15-10(2)6-11(7-13(15)28-20(26)16(9)12)27-21-19(25)18(24)17(23)14(8-22)29-21/h3-7,14,17-19,21-25H,8H2,1-2H3/t14-,17-,18+,19-,21-/m1/s1. The van der Waals surface area contributed by atoms with Gasteiger partial charge in [-0.05, 0) is 31.0 Å². The number of hydrogen-bond donors (Lipinski definition) is 4. The summed E-state index contributed by atoms with van der Waals surface area (Å²) in [5.74, 6) is 0.245. The van der Waals surface area contributed by atoms with Gasteiger partial charge in [0, 0.05) is 16.8 Å². The molecule has 154 valence electrons. The van der Waals surface area contributed by atoms with E-state index in [1.165, 1.54) is 6.07 Å². The first-order valence-electron chi connectivity index (χ1n) is 9.25. The van der Waals surface area contributed by atoms with Gasteiger partial charge in [0.25, 0.3) is 0 Å². The molecule has 1 aromatic heterocycles. The van der Waals surface area contributed by atoms with Crippen LogP contribution in [-0.4, -0.2) is 57.7 Å². The van der Waals surface area contributed by atoms with Gasteiger partial charge in [-0.3, -0.25) is 0 Å². The maximum absolute atomic E-state index is 12.5. The van der Waals surface area contributed by atoms with Crippen LogP contribution in [0.3, 0.4) is 0 Å². The summed E-state index contributed by atoms with van der Waals surface area (Å²) in [6.07, 6.45) is -6.95. The van der Waals surface area contributed by atoms with Crippen molar-refractivity contribution in [2.24, 2.45) is 0 Å². The van der Waals surface area contributed by atoms with Crippen molar-refractivity contribution in [1.82, 2.24) is 0 Å². The molecule has 0 spiro atoms. The van der Waals surface area contributed by atoms with Crippen LogP contribution in [-0.2, 0) is 4.74 Å². The Hall–Kier alpha value is -2.49. The van der Waals surface area contributed by atoms with Crippen molar-refractivity contribution >= 4 is 21.7 Å². The molecule has 0 unspecified atom stereocenters. The van der Waals surface area contributed by atoms with Gasteiger partial charge in [-0.15, -0.1) is 0 Å². The van der Waals surface area contributed by atoms with Crippen molar-refractivity contribution in [3.05, 3.63) is 51.9 Å². The molecule has 0 bridgehead atoms. The van der Waals surface area contributed by atoms with Crippen molar-refractivity contribution in [3.8, 4) is 5.75 Å². The Morgan fingerprint density at radius 1 is 1.00 bits per heavy atom. The highest BCUT2D eigenvalue weighted by molar-refractivity contribution is 6.07. The fourth-order valence-corrected chi connectivity index (χ4v) is 3.81. The molecule has 4 N–H and O–H groups in total. The van der Waals surface area contributed by atoms with E-state index in [1.54, 1.807) is 6.07 Å². The normalized spacial score (nSPS) is 27.4. The van der Waals surface area contributed by atoms with Crippen molar-refractivity contribution < 1.29 is 34.3 Å². The van der Waals surface area contributed by atoms with Crippen LogP contribution in [0.15, 0.2) is 39.5 Å². The molecule has 1 aliphatic heterocycles. The minimum atomic E-state index is -1.54. The molecule has 1 aliphatic rings. The molecule has 3 aromatic rings. The van der Waals surface area contributed by atoms with Crippen LogP contribution < -0.4 is 10.4 Å². The van der Waals surface area contributed by atoms with E-state index < -0.39 is 42.9 Å². The highest BCUT2D eigenvalue weighted by Gasteiger charge is 2.44. The predicted molar refractivity (Wildman–Crippen MR) is 104 cm³/mol.